The fourth-order valence-electron chi connectivity index (χ4n) is 3.61. The molecule has 1 atom stereocenters. The number of benzene rings is 2. The lowest BCUT2D eigenvalue weighted by Crippen LogP contribution is -2.43. The Bertz CT molecular complexity index is 999. The molecule has 3 aromatic rings. The van der Waals surface area contributed by atoms with Crippen molar-refractivity contribution in [2.24, 2.45) is 5.92 Å². The lowest BCUT2D eigenvalue weighted by Gasteiger charge is -2.31. The van der Waals surface area contributed by atoms with Crippen LogP contribution in [0, 0.1) is 11.7 Å². The van der Waals surface area contributed by atoms with Crippen molar-refractivity contribution in [3.63, 3.8) is 0 Å². The number of likely N-dealkylation sites (tertiary alicyclic amines) is 1. The number of hydrogen-bond donors (Lipinski definition) is 1. The van der Waals surface area contributed by atoms with Gasteiger partial charge in [-0.1, -0.05) is 24.3 Å². The summed E-state index contributed by atoms with van der Waals surface area (Å²) in [6, 6.07) is 15.3. The van der Waals surface area contributed by atoms with Gasteiger partial charge < -0.3 is 14.6 Å². The van der Waals surface area contributed by atoms with E-state index < -0.39 is 0 Å². The second-order valence-corrected chi connectivity index (χ2v) is 7.18. The number of anilines is 1. The molecule has 0 saturated carbocycles. The van der Waals surface area contributed by atoms with Crippen LogP contribution in [-0.2, 0) is 4.79 Å². The van der Waals surface area contributed by atoms with Crippen molar-refractivity contribution in [2.75, 3.05) is 18.4 Å². The molecule has 0 spiro atoms. The number of amides is 2. The first-order valence-corrected chi connectivity index (χ1v) is 9.58. The van der Waals surface area contributed by atoms with Gasteiger partial charge in [-0.05, 0) is 54.3 Å². The van der Waals surface area contributed by atoms with Gasteiger partial charge in [0, 0.05) is 18.8 Å². The summed E-state index contributed by atoms with van der Waals surface area (Å²) in [5.41, 5.74) is 2.94. The van der Waals surface area contributed by atoms with Crippen LogP contribution in [0.3, 0.4) is 0 Å². The van der Waals surface area contributed by atoms with Crippen molar-refractivity contribution in [3.05, 3.63) is 78.5 Å². The molecule has 1 aliphatic heterocycles. The van der Waals surface area contributed by atoms with Gasteiger partial charge in [0.2, 0.25) is 5.91 Å². The third kappa shape index (κ3) is 4.37. The number of carbonyl (C=O) groups is 2. The average Bonchev–Trinajstić information content (AvgIpc) is 3.29. The van der Waals surface area contributed by atoms with E-state index in [1.54, 1.807) is 23.1 Å². The van der Waals surface area contributed by atoms with Gasteiger partial charge in [0.1, 0.15) is 12.1 Å². The molecule has 1 aromatic heterocycles. The minimum atomic E-state index is -0.287. The molecule has 29 heavy (non-hydrogen) atoms. The van der Waals surface area contributed by atoms with Crippen LogP contribution < -0.4 is 5.32 Å². The van der Waals surface area contributed by atoms with Crippen molar-refractivity contribution in [1.82, 2.24) is 4.90 Å². The highest BCUT2D eigenvalue weighted by Crippen LogP contribution is 2.25. The van der Waals surface area contributed by atoms with E-state index in [1.807, 2.05) is 24.3 Å². The fourth-order valence-corrected chi connectivity index (χ4v) is 3.61. The number of piperidine rings is 1. The van der Waals surface area contributed by atoms with Crippen molar-refractivity contribution >= 4 is 17.5 Å². The van der Waals surface area contributed by atoms with Gasteiger partial charge in [-0.3, -0.25) is 9.59 Å². The Morgan fingerprint density at radius 2 is 1.90 bits per heavy atom. The maximum atomic E-state index is 13.1. The first-order valence-electron chi connectivity index (χ1n) is 9.58. The van der Waals surface area contributed by atoms with Crippen LogP contribution in [0.5, 0.6) is 0 Å². The minimum Gasteiger partial charge on any atom is -0.472 e. The number of halogens is 1. The zero-order valence-electron chi connectivity index (χ0n) is 15.8. The number of nitrogens with one attached hydrogen (secondary N) is 1. The largest absolute Gasteiger partial charge is 0.472 e. The molecule has 2 heterocycles. The molecule has 0 unspecified atom stereocenters. The maximum absolute atomic E-state index is 13.1. The lowest BCUT2D eigenvalue weighted by molar-refractivity contribution is -0.121. The topological polar surface area (TPSA) is 62.6 Å². The number of rotatable bonds is 4. The molecule has 148 valence electrons. The Kier molecular flexibility index (Phi) is 5.42. The molecule has 0 aliphatic carbocycles. The van der Waals surface area contributed by atoms with Gasteiger partial charge in [0.05, 0.1) is 17.7 Å². The summed E-state index contributed by atoms with van der Waals surface area (Å²) in [7, 11) is 0. The number of furan rings is 1. The van der Waals surface area contributed by atoms with Crippen LogP contribution >= 0.6 is 0 Å². The molecule has 1 N–H and O–H groups in total. The maximum Gasteiger partial charge on any atom is 0.257 e. The predicted molar refractivity (Wildman–Crippen MR) is 108 cm³/mol. The Morgan fingerprint density at radius 3 is 2.66 bits per heavy atom. The fraction of sp³-hybridized carbons (Fsp3) is 0.217. The zero-order valence-corrected chi connectivity index (χ0v) is 15.8. The minimum absolute atomic E-state index is 0.106. The Hall–Kier alpha value is -3.41. The molecule has 2 aromatic carbocycles. The molecule has 1 aliphatic rings. The molecule has 1 fully saturated rings. The molecule has 1 saturated heterocycles. The quantitative estimate of drug-likeness (QED) is 0.707. The Morgan fingerprint density at radius 1 is 1.07 bits per heavy atom. The Balaban J connectivity index is 1.43. The summed E-state index contributed by atoms with van der Waals surface area (Å²) < 4.78 is 18.1. The summed E-state index contributed by atoms with van der Waals surface area (Å²) in [6.07, 6.45) is 4.40. The summed E-state index contributed by atoms with van der Waals surface area (Å²) >= 11 is 0. The molecule has 4 rings (SSSR count). The predicted octanol–water partition coefficient (Wildman–Crippen LogP) is 4.58. The van der Waals surface area contributed by atoms with Crippen LogP contribution in [0.25, 0.3) is 11.1 Å². The standard InChI is InChI=1S/C23H21FN2O3/c24-20-8-6-16(7-9-20)17-3-1-5-21(13-17)25-22(27)18-4-2-11-26(14-18)23(28)19-10-12-29-15-19/h1,3,5-10,12-13,15,18H,2,4,11,14H2,(H,25,27)/t18-/m1/s1. The van der Waals surface area contributed by atoms with Gasteiger partial charge in [-0.15, -0.1) is 0 Å². The Labute approximate surface area is 168 Å². The van der Waals surface area contributed by atoms with E-state index in [-0.39, 0.29) is 23.5 Å². The van der Waals surface area contributed by atoms with E-state index in [0.717, 1.165) is 24.0 Å². The van der Waals surface area contributed by atoms with Gasteiger partial charge in [0.25, 0.3) is 5.91 Å². The van der Waals surface area contributed by atoms with E-state index in [1.165, 1.54) is 24.7 Å². The van der Waals surface area contributed by atoms with Gasteiger partial charge in [-0.25, -0.2) is 4.39 Å². The number of carbonyl (C=O) groups excluding carboxylic acids is 2. The summed E-state index contributed by atoms with van der Waals surface area (Å²) in [5.74, 6) is -0.778. The van der Waals surface area contributed by atoms with Crippen molar-refractivity contribution < 1.29 is 18.4 Å². The average molecular weight is 392 g/mol. The van der Waals surface area contributed by atoms with Crippen LogP contribution in [-0.4, -0.2) is 29.8 Å². The van der Waals surface area contributed by atoms with E-state index in [0.29, 0.717) is 24.3 Å². The number of hydrogen-bond acceptors (Lipinski definition) is 3. The van der Waals surface area contributed by atoms with E-state index >= 15 is 0 Å². The SMILES string of the molecule is O=C(Nc1cccc(-c2ccc(F)cc2)c1)[C@@H]1CCCN(C(=O)c2ccoc2)C1. The first kappa shape index (κ1) is 18.9. The number of nitrogens with zero attached hydrogens (tertiary/aromatic N) is 1. The van der Waals surface area contributed by atoms with Crippen LogP contribution in [0.15, 0.2) is 71.5 Å². The molecule has 2 amide bonds. The second kappa shape index (κ2) is 8.31. The highest BCUT2D eigenvalue weighted by Gasteiger charge is 2.29. The molecule has 5 nitrogen and oxygen atoms in total. The zero-order chi connectivity index (χ0) is 20.2. The highest BCUT2D eigenvalue weighted by molar-refractivity contribution is 5.96. The van der Waals surface area contributed by atoms with Crippen molar-refractivity contribution in [1.29, 1.82) is 0 Å². The van der Waals surface area contributed by atoms with Crippen LogP contribution in [0.2, 0.25) is 0 Å². The van der Waals surface area contributed by atoms with E-state index in [9.17, 15) is 14.0 Å². The molecule has 6 heteroatoms. The molecular formula is C23H21FN2O3. The third-order valence-electron chi connectivity index (χ3n) is 5.16. The van der Waals surface area contributed by atoms with Gasteiger partial charge >= 0.3 is 0 Å². The third-order valence-corrected chi connectivity index (χ3v) is 5.16. The monoisotopic (exact) mass is 392 g/mol. The lowest BCUT2D eigenvalue weighted by atomic mass is 9.96. The molecular weight excluding hydrogens is 371 g/mol. The summed E-state index contributed by atoms with van der Waals surface area (Å²) in [5, 5.41) is 2.96. The van der Waals surface area contributed by atoms with E-state index in [4.69, 9.17) is 4.42 Å². The van der Waals surface area contributed by atoms with Crippen LogP contribution in [0.4, 0.5) is 10.1 Å². The van der Waals surface area contributed by atoms with Crippen LogP contribution in [0.1, 0.15) is 23.2 Å². The smallest absolute Gasteiger partial charge is 0.257 e. The second-order valence-electron chi connectivity index (χ2n) is 7.18. The van der Waals surface area contributed by atoms with Crippen molar-refractivity contribution in [2.45, 2.75) is 12.8 Å². The molecule has 0 bridgehead atoms. The highest BCUT2D eigenvalue weighted by atomic mass is 19.1. The van der Waals surface area contributed by atoms with Gasteiger partial charge in [0.15, 0.2) is 0 Å². The van der Waals surface area contributed by atoms with E-state index in [2.05, 4.69) is 5.32 Å². The first-order chi connectivity index (χ1) is 14.1. The summed E-state index contributed by atoms with van der Waals surface area (Å²) in [6.45, 7) is 1.02. The summed E-state index contributed by atoms with van der Waals surface area (Å²) in [4.78, 5) is 27.0. The van der Waals surface area contributed by atoms with Crippen molar-refractivity contribution in [3.8, 4) is 11.1 Å². The molecule has 0 radical (unpaired) electrons. The normalized spacial score (nSPS) is 16.4. The van der Waals surface area contributed by atoms with Gasteiger partial charge in [-0.2, -0.15) is 0 Å².